The molecule has 5 heteroatoms. The van der Waals surface area contributed by atoms with Gasteiger partial charge in [-0.15, -0.1) is 12.4 Å². The minimum Gasteiger partial charge on any atom is -0.351 e. The molecule has 2 heterocycles. The van der Waals surface area contributed by atoms with E-state index in [4.69, 9.17) is 0 Å². The van der Waals surface area contributed by atoms with Crippen LogP contribution in [0.1, 0.15) is 25.3 Å². The Morgan fingerprint density at radius 3 is 2.82 bits per heavy atom. The standard InChI is InChI=1S/C12H18N2OS.ClH/c1-12(3-5-13-6-4-12)14-11(15)8-10-2-7-16-9-10;/h2,7,9,13H,3-6,8H2,1H3,(H,14,15);1H. The molecule has 1 amide bonds. The number of carbonyl (C=O) groups is 1. The van der Waals surface area contributed by atoms with Gasteiger partial charge in [0.1, 0.15) is 0 Å². The smallest absolute Gasteiger partial charge is 0.224 e. The third-order valence-corrected chi connectivity index (χ3v) is 3.83. The lowest BCUT2D eigenvalue weighted by atomic mass is 9.90. The Hall–Kier alpha value is -0.580. The van der Waals surface area contributed by atoms with Crippen LogP contribution in [0.3, 0.4) is 0 Å². The monoisotopic (exact) mass is 274 g/mol. The molecular weight excluding hydrogens is 256 g/mol. The summed E-state index contributed by atoms with van der Waals surface area (Å²) in [6.07, 6.45) is 2.54. The maximum Gasteiger partial charge on any atom is 0.224 e. The number of rotatable bonds is 3. The first-order valence-electron chi connectivity index (χ1n) is 5.71. The minimum atomic E-state index is -0.0155. The summed E-state index contributed by atoms with van der Waals surface area (Å²) in [5.41, 5.74) is 1.10. The lowest BCUT2D eigenvalue weighted by Crippen LogP contribution is -2.52. The van der Waals surface area contributed by atoms with Crippen molar-refractivity contribution in [1.29, 1.82) is 0 Å². The van der Waals surface area contributed by atoms with Crippen LogP contribution in [-0.2, 0) is 11.2 Å². The van der Waals surface area contributed by atoms with Crippen LogP contribution in [0.5, 0.6) is 0 Å². The lowest BCUT2D eigenvalue weighted by molar-refractivity contribution is -0.122. The van der Waals surface area contributed by atoms with Gasteiger partial charge in [-0.25, -0.2) is 0 Å². The molecule has 3 nitrogen and oxygen atoms in total. The number of nitrogens with one attached hydrogen (secondary N) is 2. The van der Waals surface area contributed by atoms with Crippen LogP contribution in [-0.4, -0.2) is 24.5 Å². The quantitative estimate of drug-likeness (QED) is 0.885. The Balaban J connectivity index is 0.00000144. The van der Waals surface area contributed by atoms with E-state index in [9.17, 15) is 4.79 Å². The zero-order chi connectivity index (χ0) is 11.4. The molecule has 1 aromatic heterocycles. The minimum absolute atomic E-state index is 0. The Kier molecular flexibility index (Phi) is 5.43. The van der Waals surface area contributed by atoms with E-state index >= 15 is 0 Å². The second-order valence-electron chi connectivity index (χ2n) is 4.67. The zero-order valence-corrected chi connectivity index (χ0v) is 11.6. The summed E-state index contributed by atoms with van der Waals surface area (Å²) in [5, 5.41) is 10.5. The van der Waals surface area contributed by atoms with Crippen molar-refractivity contribution in [3.8, 4) is 0 Å². The molecule has 0 bridgehead atoms. The van der Waals surface area contributed by atoms with Gasteiger partial charge in [0.15, 0.2) is 0 Å². The molecule has 0 unspecified atom stereocenters. The SMILES string of the molecule is CC1(NC(=O)Cc2ccsc2)CCNCC1.Cl. The molecule has 0 saturated carbocycles. The van der Waals surface area contributed by atoms with E-state index in [-0.39, 0.29) is 23.9 Å². The largest absolute Gasteiger partial charge is 0.351 e. The number of carbonyl (C=O) groups excluding carboxylic acids is 1. The van der Waals surface area contributed by atoms with E-state index in [1.165, 1.54) is 0 Å². The van der Waals surface area contributed by atoms with Crippen LogP contribution in [0.4, 0.5) is 0 Å². The van der Waals surface area contributed by atoms with Gasteiger partial charge in [0.25, 0.3) is 0 Å². The molecular formula is C12H19ClN2OS. The number of hydrogen-bond acceptors (Lipinski definition) is 3. The topological polar surface area (TPSA) is 41.1 Å². The summed E-state index contributed by atoms with van der Waals surface area (Å²) in [4.78, 5) is 11.9. The van der Waals surface area contributed by atoms with Crippen molar-refractivity contribution in [2.75, 3.05) is 13.1 Å². The van der Waals surface area contributed by atoms with Crippen molar-refractivity contribution >= 4 is 29.7 Å². The van der Waals surface area contributed by atoms with Gasteiger partial charge in [-0.2, -0.15) is 11.3 Å². The van der Waals surface area contributed by atoms with Crippen LogP contribution in [0, 0.1) is 0 Å². The molecule has 2 rings (SSSR count). The van der Waals surface area contributed by atoms with Gasteiger partial charge >= 0.3 is 0 Å². The van der Waals surface area contributed by atoms with Crippen molar-refractivity contribution in [2.24, 2.45) is 0 Å². The fourth-order valence-corrected chi connectivity index (χ4v) is 2.73. The Bertz CT molecular complexity index is 347. The van der Waals surface area contributed by atoms with E-state index < -0.39 is 0 Å². The highest BCUT2D eigenvalue weighted by Gasteiger charge is 2.27. The van der Waals surface area contributed by atoms with E-state index in [0.29, 0.717) is 6.42 Å². The molecule has 0 spiro atoms. The van der Waals surface area contributed by atoms with Crippen molar-refractivity contribution in [2.45, 2.75) is 31.7 Å². The molecule has 0 atom stereocenters. The second kappa shape index (κ2) is 6.38. The van der Waals surface area contributed by atoms with Gasteiger partial charge in [0.2, 0.25) is 5.91 Å². The number of thiophene rings is 1. The molecule has 0 aliphatic carbocycles. The molecule has 0 radical (unpaired) electrons. The van der Waals surface area contributed by atoms with Crippen molar-refractivity contribution < 1.29 is 4.79 Å². The van der Waals surface area contributed by atoms with Crippen LogP contribution >= 0.6 is 23.7 Å². The number of halogens is 1. The Labute approximate surface area is 112 Å². The van der Waals surface area contributed by atoms with Gasteiger partial charge in [0, 0.05) is 5.54 Å². The zero-order valence-electron chi connectivity index (χ0n) is 9.99. The van der Waals surface area contributed by atoms with Crippen LogP contribution < -0.4 is 10.6 Å². The van der Waals surface area contributed by atoms with Gasteiger partial charge < -0.3 is 10.6 Å². The third-order valence-electron chi connectivity index (χ3n) is 3.09. The van der Waals surface area contributed by atoms with Gasteiger partial charge in [0.05, 0.1) is 6.42 Å². The molecule has 1 aliphatic heterocycles. The summed E-state index contributed by atoms with van der Waals surface area (Å²) in [5.74, 6) is 0.141. The predicted octanol–water partition coefficient (Wildman–Crippen LogP) is 1.97. The van der Waals surface area contributed by atoms with Crippen molar-refractivity contribution in [3.63, 3.8) is 0 Å². The highest BCUT2D eigenvalue weighted by atomic mass is 35.5. The fourth-order valence-electron chi connectivity index (χ4n) is 2.06. The molecule has 17 heavy (non-hydrogen) atoms. The maximum absolute atomic E-state index is 11.9. The van der Waals surface area contributed by atoms with Gasteiger partial charge in [-0.3, -0.25) is 4.79 Å². The average molecular weight is 275 g/mol. The van der Waals surface area contributed by atoms with Crippen LogP contribution in [0.15, 0.2) is 16.8 Å². The van der Waals surface area contributed by atoms with Gasteiger partial charge in [-0.1, -0.05) is 0 Å². The maximum atomic E-state index is 11.9. The Morgan fingerprint density at radius 1 is 1.53 bits per heavy atom. The summed E-state index contributed by atoms with van der Waals surface area (Å²) in [6.45, 7) is 4.13. The molecule has 1 aromatic rings. The van der Waals surface area contributed by atoms with Gasteiger partial charge in [-0.05, 0) is 55.2 Å². The molecule has 2 N–H and O–H groups in total. The fraction of sp³-hybridized carbons (Fsp3) is 0.583. The van der Waals surface area contributed by atoms with Crippen LogP contribution in [0.2, 0.25) is 0 Å². The first-order valence-corrected chi connectivity index (χ1v) is 6.65. The molecule has 96 valence electrons. The lowest BCUT2D eigenvalue weighted by Gasteiger charge is -2.35. The van der Waals surface area contributed by atoms with Crippen LogP contribution in [0.25, 0.3) is 0 Å². The van der Waals surface area contributed by atoms with Crippen molar-refractivity contribution in [1.82, 2.24) is 10.6 Å². The van der Waals surface area contributed by atoms with E-state index in [2.05, 4.69) is 17.6 Å². The molecule has 1 saturated heterocycles. The second-order valence-corrected chi connectivity index (χ2v) is 5.45. The van der Waals surface area contributed by atoms with E-state index in [0.717, 1.165) is 31.5 Å². The van der Waals surface area contributed by atoms with Crippen molar-refractivity contribution in [3.05, 3.63) is 22.4 Å². The van der Waals surface area contributed by atoms with E-state index in [1.54, 1.807) is 11.3 Å². The number of amides is 1. The third kappa shape index (κ3) is 4.30. The summed E-state index contributed by atoms with van der Waals surface area (Å²) >= 11 is 1.64. The first-order chi connectivity index (χ1) is 7.68. The molecule has 1 aliphatic rings. The Morgan fingerprint density at radius 2 is 2.24 bits per heavy atom. The number of piperidine rings is 1. The number of hydrogen-bond donors (Lipinski definition) is 2. The molecule has 0 aromatic carbocycles. The first kappa shape index (κ1) is 14.5. The average Bonchev–Trinajstić information content (AvgIpc) is 2.70. The molecule has 1 fully saturated rings. The normalized spacial score (nSPS) is 18.2. The highest BCUT2D eigenvalue weighted by molar-refractivity contribution is 7.07. The predicted molar refractivity (Wildman–Crippen MR) is 73.9 cm³/mol. The summed E-state index contributed by atoms with van der Waals surface area (Å²) in [6, 6.07) is 2.01. The summed E-state index contributed by atoms with van der Waals surface area (Å²) < 4.78 is 0. The highest BCUT2D eigenvalue weighted by Crippen LogP contribution is 2.17. The van der Waals surface area contributed by atoms with E-state index in [1.807, 2.05) is 16.8 Å². The summed E-state index contributed by atoms with van der Waals surface area (Å²) in [7, 11) is 0.